The third-order valence-corrected chi connectivity index (χ3v) is 4.29. The molecule has 0 aliphatic heterocycles. The quantitative estimate of drug-likeness (QED) is 0.673. The van der Waals surface area contributed by atoms with Crippen molar-refractivity contribution in [3.05, 3.63) is 33.7 Å². The zero-order chi connectivity index (χ0) is 15.7. The maximum absolute atomic E-state index is 12.0. The van der Waals surface area contributed by atoms with Crippen LogP contribution in [0.15, 0.2) is 21.3 Å². The van der Waals surface area contributed by atoms with Crippen molar-refractivity contribution in [1.82, 2.24) is 0 Å². The monoisotopic (exact) mass is 342 g/mol. The maximum Gasteiger partial charge on any atom is 0.395 e. The molecule has 9 heteroatoms. The van der Waals surface area contributed by atoms with Gasteiger partial charge in [-0.25, -0.2) is 13.9 Å². The molecule has 1 aromatic carbocycles. The van der Waals surface area contributed by atoms with E-state index in [2.05, 4.69) is 0 Å². The highest BCUT2D eigenvalue weighted by Gasteiger charge is 2.21. The minimum absolute atomic E-state index is 0.0539. The standard InChI is InChI=1S/C13H12O7P2/c14-13-8-4-2-1-3-7(8)9-5-11(19-21-15)12(20-22(16)17)6-10(9)18-13/h5-6,22H,1-4H2,(H,16,17). The van der Waals surface area contributed by atoms with Crippen molar-refractivity contribution in [2.45, 2.75) is 25.7 Å². The van der Waals surface area contributed by atoms with Crippen LogP contribution in [0.4, 0.5) is 0 Å². The Kier molecular flexibility index (Phi) is 4.30. The molecule has 0 radical (unpaired) electrons. The second-order valence-electron chi connectivity index (χ2n) is 4.88. The average molecular weight is 342 g/mol. The Labute approximate surface area is 127 Å². The van der Waals surface area contributed by atoms with Crippen molar-refractivity contribution in [2.24, 2.45) is 0 Å². The number of benzene rings is 1. The van der Waals surface area contributed by atoms with E-state index in [0.29, 0.717) is 17.4 Å². The predicted octanol–water partition coefficient (Wildman–Crippen LogP) is 3.02. The SMILES string of the molecule is O=POc1cc2c3c(c(=O)oc2cc1O[PH](=O)O)CCCC3. The molecule has 1 heterocycles. The van der Waals surface area contributed by atoms with Crippen molar-refractivity contribution in [1.29, 1.82) is 0 Å². The van der Waals surface area contributed by atoms with Gasteiger partial charge in [0.1, 0.15) is 5.58 Å². The van der Waals surface area contributed by atoms with Gasteiger partial charge in [-0.15, -0.1) is 0 Å². The molecule has 1 aliphatic rings. The third-order valence-electron chi connectivity index (χ3n) is 3.62. The largest absolute Gasteiger partial charge is 0.422 e. The van der Waals surface area contributed by atoms with Gasteiger partial charge in [0.2, 0.25) is 0 Å². The summed E-state index contributed by atoms with van der Waals surface area (Å²) in [6.07, 6.45) is 3.29. The molecule has 0 saturated carbocycles. The molecule has 1 aromatic heterocycles. The lowest BCUT2D eigenvalue weighted by Crippen LogP contribution is -2.15. The van der Waals surface area contributed by atoms with E-state index in [9.17, 15) is 13.9 Å². The van der Waals surface area contributed by atoms with Crippen LogP contribution in [0.1, 0.15) is 24.0 Å². The molecule has 1 atom stereocenters. The van der Waals surface area contributed by atoms with Gasteiger partial charge in [0.25, 0.3) is 0 Å². The maximum atomic E-state index is 12.0. The van der Waals surface area contributed by atoms with Crippen LogP contribution in [0.2, 0.25) is 0 Å². The van der Waals surface area contributed by atoms with E-state index in [0.717, 1.165) is 24.8 Å². The molecule has 0 amide bonds. The van der Waals surface area contributed by atoms with Crippen LogP contribution in [-0.2, 0) is 22.0 Å². The molecule has 0 spiro atoms. The summed E-state index contributed by atoms with van der Waals surface area (Å²) >= 11 is 0. The summed E-state index contributed by atoms with van der Waals surface area (Å²) in [7, 11) is -3.90. The van der Waals surface area contributed by atoms with Gasteiger partial charge in [-0.1, -0.05) is 0 Å². The molecule has 0 fully saturated rings. The van der Waals surface area contributed by atoms with Crippen LogP contribution < -0.4 is 14.7 Å². The molecular formula is C13H12O7P2. The van der Waals surface area contributed by atoms with Crippen LogP contribution in [0.25, 0.3) is 11.0 Å². The average Bonchev–Trinajstić information content (AvgIpc) is 2.48. The molecule has 3 rings (SSSR count). The second-order valence-corrected chi connectivity index (χ2v) is 5.95. The molecule has 2 aromatic rings. The molecule has 116 valence electrons. The van der Waals surface area contributed by atoms with Crippen LogP contribution in [0.3, 0.4) is 0 Å². The molecule has 22 heavy (non-hydrogen) atoms. The summed E-state index contributed by atoms with van der Waals surface area (Å²) in [5.41, 5.74) is 1.38. The fourth-order valence-corrected chi connectivity index (χ4v) is 3.31. The highest BCUT2D eigenvalue weighted by atomic mass is 31.1. The van der Waals surface area contributed by atoms with Crippen molar-refractivity contribution in [3.8, 4) is 11.5 Å². The first-order valence-corrected chi connectivity index (χ1v) is 8.62. The van der Waals surface area contributed by atoms with Gasteiger partial charge < -0.3 is 18.4 Å². The molecule has 0 bridgehead atoms. The summed E-state index contributed by atoms with van der Waals surface area (Å²) < 4.78 is 36.5. The first-order chi connectivity index (χ1) is 10.6. The normalized spacial score (nSPS) is 15.5. The smallest absolute Gasteiger partial charge is 0.395 e. The highest BCUT2D eigenvalue weighted by Crippen LogP contribution is 2.40. The van der Waals surface area contributed by atoms with Gasteiger partial charge in [0, 0.05) is 17.0 Å². The molecule has 1 N–H and O–H groups in total. The van der Waals surface area contributed by atoms with Crippen molar-refractivity contribution >= 4 is 27.9 Å². The van der Waals surface area contributed by atoms with Gasteiger partial charge in [-0.3, -0.25) is 0 Å². The van der Waals surface area contributed by atoms with Crippen LogP contribution >= 0.6 is 16.9 Å². The van der Waals surface area contributed by atoms with Gasteiger partial charge in [0.15, 0.2) is 11.5 Å². The highest BCUT2D eigenvalue weighted by molar-refractivity contribution is 7.32. The number of fused-ring (bicyclic) bond motifs is 3. The number of aryl methyl sites for hydroxylation is 1. The number of hydrogen-bond donors (Lipinski definition) is 1. The van der Waals surface area contributed by atoms with Gasteiger partial charge in [-0.2, -0.15) is 0 Å². The molecule has 7 nitrogen and oxygen atoms in total. The van der Waals surface area contributed by atoms with E-state index in [-0.39, 0.29) is 17.1 Å². The van der Waals surface area contributed by atoms with E-state index in [1.807, 2.05) is 0 Å². The first-order valence-electron chi connectivity index (χ1n) is 6.63. The minimum Gasteiger partial charge on any atom is -0.422 e. The molecule has 1 aliphatic carbocycles. The Balaban J connectivity index is 2.27. The van der Waals surface area contributed by atoms with Crippen molar-refractivity contribution < 1.29 is 27.5 Å². The Bertz CT molecular complexity index is 827. The lowest BCUT2D eigenvalue weighted by Gasteiger charge is -2.17. The van der Waals surface area contributed by atoms with Crippen LogP contribution in [0, 0.1) is 0 Å². The van der Waals surface area contributed by atoms with Gasteiger partial charge in [0.05, 0.1) is 0 Å². The lowest BCUT2D eigenvalue weighted by molar-refractivity contribution is 0.402. The molecular weight excluding hydrogens is 330 g/mol. The fourth-order valence-electron chi connectivity index (χ4n) is 2.74. The van der Waals surface area contributed by atoms with E-state index >= 15 is 0 Å². The number of rotatable bonds is 4. The summed E-state index contributed by atoms with van der Waals surface area (Å²) in [5, 5.41) is 0.665. The van der Waals surface area contributed by atoms with Gasteiger partial charge in [-0.05, 0) is 37.3 Å². The Morgan fingerprint density at radius 1 is 1.18 bits per heavy atom. The number of hydrogen-bond acceptors (Lipinski definition) is 6. The first kappa shape index (κ1) is 15.2. The van der Waals surface area contributed by atoms with E-state index in [1.54, 1.807) is 0 Å². The Morgan fingerprint density at radius 2 is 1.91 bits per heavy atom. The van der Waals surface area contributed by atoms with Crippen molar-refractivity contribution in [3.63, 3.8) is 0 Å². The summed E-state index contributed by atoms with van der Waals surface area (Å²) in [6.45, 7) is 0. The zero-order valence-corrected chi connectivity index (χ0v) is 13.2. The second kappa shape index (κ2) is 6.21. The topological polar surface area (TPSA) is 103 Å². The predicted molar refractivity (Wildman–Crippen MR) is 79.2 cm³/mol. The Hall–Kier alpha value is -1.68. The van der Waals surface area contributed by atoms with E-state index < -0.39 is 22.6 Å². The fraction of sp³-hybridized carbons (Fsp3) is 0.308. The molecule has 1 unspecified atom stereocenters. The zero-order valence-electron chi connectivity index (χ0n) is 11.3. The third kappa shape index (κ3) is 2.80. The van der Waals surface area contributed by atoms with Crippen molar-refractivity contribution in [2.75, 3.05) is 0 Å². The summed E-state index contributed by atoms with van der Waals surface area (Å²) in [6, 6.07) is 2.83. The lowest BCUT2D eigenvalue weighted by atomic mass is 9.90. The minimum atomic E-state index is -3.28. The van der Waals surface area contributed by atoms with E-state index in [1.165, 1.54) is 12.1 Å². The van der Waals surface area contributed by atoms with Crippen LogP contribution in [-0.4, -0.2) is 4.89 Å². The van der Waals surface area contributed by atoms with Crippen LogP contribution in [0.5, 0.6) is 11.5 Å². The summed E-state index contributed by atoms with van der Waals surface area (Å²) in [5.74, 6) is -0.0423. The Morgan fingerprint density at radius 3 is 2.59 bits per heavy atom. The van der Waals surface area contributed by atoms with E-state index in [4.69, 9.17) is 18.4 Å². The summed E-state index contributed by atoms with van der Waals surface area (Å²) in [4.78, 5) is 20.9. The molecule has 0 saturated heterocycles. The van der Waals surface area contributed by atoms with Gasteiger partial charge >= 0.3 is 22.6 Å².